The fourth-order valence-corrected chi connectivity index (χ4v) is 4.67. The second kappa shape index (κ2) is 8.64. The monoisotopic (exact) mass is 437 g/mol. The lowest BCUT2D eigenvalue weighted by atomic mass is 9.99. The van der Waals surface area contributed by atoms with Crippen LogP contribution >= 0.6 is 0 Å². The maximum absolute atomic E-state index is 5.79. The van der Waals surface area contributed by atoms with E-state index in [1.165, 1.54) is 12.8 Å². The zero-order valence-corrected chi connectivity index (χ0v) is 19.3. The highest BCUT2D eigenvalue weighted by molar-refractivity contribution is 5.82. The molecule has 1 saturated heterocycles. The molecule has 2 aromatic heterocycles. The van der Waals surface area contributed by atoms with Gasteiger partial charge in [0.15, 0.2) is 6.29 Å². The van der Waals surface area contributed by atoms with Crippen molar-refractivity contribution in [3.63, 3.8) is 0 Å². The van der Waals surface area contributed by atoms with Gasteiger partial charge >= 0.3 is 0 Å². The second-order valence-electron chi connectivity index (χ2n) is 8.72. The van der Waals surface area contributed by atoms with Gasteiger partial charge in [-0.3, -0.25) is 0 Å². The number of pyridine rings is 1. The first-order chi connectivity index (χ1) is 15.6. The summed E-state index contributed by atoms with van der Waals surface area (Å²) in [5, 5.41) is 4.90. The third kappa shape index (κ3) is 3.91. The smallest absolute Gasteiger partial charge is 0.257 e. The molecule has 1 aliphatic carbocycles. The van der Waals surface area contributed by atoms with Gasteiger partial charge in [-0.05, 0) is 68.0 Å². The van der Waals surface area contributed by atoms with E-state index >= 15 is 0 Å². The average Bonchev–Trinajstić information content (AvgIpc) is 3.30. The zero-order chi connectivity index (χ0) is 22.2. The number of nitrogens with zero attached hydrogens (tertiary/aromatic N) is 3. The Balaban J connectivity index is 1.63. The number of ether oxygens (including phenoxy) is 4. The molecule has 0 bridgehead atoms. The van der Waals surface area contributed by atoms with Gasteiger partial charge in [-0.15, -0.1) is 5.10 Å². The Kier molecular flexibility index (Phi) is 5.69. The van der Waals surface area contributed by atoms with E-state index in [1.54, 1.807) is 14.2 Å². The fraction of sp³-hybridized carbons (Fsp3) is 0.480. The summed E-state index contributed by atoms with van der Waals surface area (Å²) in [5.41, 5.74) is 6.51. The number of hydrogen-bond acceptors (Lipinski definition) is 6. The van der Waals surface area contributed by atoms with Crippen LogP contribution in [0.15, 0.2) is 30.3 Å². The number of rotatable bonds is 8. The molecule has 1 saturated carbocycles. The van der Waals surface area contributed by atoms with E-state index in [4.69, 9.17) is 24.0 Å². The van der Waals surface area contributed by atoms with Crippen molar-refractivity contribution in [2.24, 2.45) is 5.92 Å². The summed E-state index contributed by atoms with van der Waals surface area (Å²) >= 11 is 0. The Labute approximate surface area is 188 Å². The van der Waals surface area contributed by atoms with E-state index in [-0.39, 0.29) is 6.29 Å². The van der Waals surface area contributed by atoms with Crippen LogP contribution in [0.25, 0.3) is 16.8 Å². The predicted molar refractivity (Wildman–Crippen MR) is 124 cm³/mol. The van der Waals surface area contributed by atoms with E-state index < -0.39 is 0 Å². The molecule has 1 aromatic carbocycles. The SMILES string of the molecule is COc1cc(C)c(-c2cccc3c(N(CC4CC4)CC4OCCO4)c(OC)nn23)c(C)c1. The van der Waals surface area contributed by atoms with Crippen molar-refractivity contribution < 1.29 is 18.9 Å². The average molecular weight is 438 g/mol. The van der Waals surface area contributed by atoms with E-state index in [0.29, 0.717) is 31.6 Å². The Hall–Kier alpha value is -2.77. The van der Waals surface area contributed by atoms with Gasteiger partial charge in [0.2, 0.25) is 0 Å². The summed E-state index contributed by atoms with van der Waals surface area (Å²) in [6.07, 6.45) is 2.31. The van der Waals surface area contributed by atoms with Crippen LogP contribution in [-0.4, -0.2) is 56.4 Å². The molecular formula is C25H31N3O4. The summed E-state index contributed by atoms with van der Waals surface area (Å²) < 4.78 is 24.8. The van der Waals surface area contributed by atoms with E-state index in [0.717, 1.165) is 45.9 Å². The molecule has 0 unspecified atom stereocenters. The minimum Gasteiger partial charge on any atom is -0.497 e. The number of aryl methyl sites for hydroxylation is 2. The summed E-state index contributed by atoms with van der Waals surface area (Å²) in [6.45, 7) is 7.13. The quantitative estimate of drug-likeness (QED) is 0.526. The highest BCUT2D eigenvalue weighted by Crippen LogP contribution is 2.40. The maximum atomic E-state index is 5.79. The van der Waals surface area contributed by atoms with Gasteiger partial charge in [0, 0.05) is 12.1 Å². The third-order valence-electron chi connectivity index (χ3n) is 6.34. The molecule has 3 aromatic rings. The molecule has 0 spiro atoms. The van der Waals surface area contributed by atoms with Crippen LogP contribution < -0.4 is 14.4 Å². The van der Waals surface area contributed by atoms with Gasteiger partial charge in [0.05, 0.1) is 45.2 Å². The molecule has 0 amide bonds. The van der Waals surface area contributed by atoms with Gasteiger partial charge in [0.25, 0.3) is 5.88 Å². The normalized spacial score (nSPS) is 16.6. The Bertz CT molecular complexity index is 1090. The van der Waals surface area contributed by atoms with Crippen LogP contribution in [0.3, 0.4) is 0 Å². The Morgan fingerprint density at radius 3 is 2.38 bits per heavy atom. The van der Waals surface area contributed by atoms with Crippen LogP contribution in [0, 0.1) is 19.8 Å². The van der Waals surface area contributed by atoms with Crippen molar-refractivity contribution in [2.45, 2.75) is 33.0 Å². The molecule has 2 aliphatic rings. The first-order valence-corrected chi connectivity index (χ1v) is 11.3. The molecule has 3 heterocycles. The molecule has 1 aliphatic heterocycles. The number of fused-ring (bicyclic) bond motifs is 1. The number of benzene rings is 1. The lowest BCUT2D eigenvalue weighted by Crippen LogP contribution is -2.34. The number of anilines is 1. The number of methoxy groups -OCH3 is 2. The lowest BCUT2D eigenvalue weighted by molar-refractivity contribution is -0.0344. The molecular weight excluding hydrogens is 406 g/mol. The summed E-state index contributed by atoms with van der Waals surface area (Å²) in [5.74, 6) is 2.19. The van der Waals surface area contributed by atoms with E-state index in [2.05, 4.69) is 49.1 Å². The van der Waals surface area contributed by atoms with Gasteiger partial charge in [-0.2, -0.15) is 0 Å². The maximum Gasteiger partial charge on any atom is 0.257 e. The predicted octanol–water partition coefficient (Wildman–Crippen LogP) is 4.22. The Morgan fingerprint density at radius 2 is 1.75 bits per heavy atom. The molecule has 32 heavy (non-hydrogen) atoms. The van der Waals surface area contributed by atoms with E-state index in [9.17, 15) is 0 Å². The van der Waals surface area contributed by atoms with Crippen LogP contribution in [0.2, 0.25) is 0 Å². The van der Waals surface area contributed by atoms with Crippen molar-refractivity contribution in [2.75, 3.05) is 45.4 Å². The molecule has 170 valence electrons. The van der Waals surface area contributed by atoms with Gasteiger partial charge in [0.1, 0.15) is 11.4 Å². The largest absolute Gasteiger partial charge is 0.497 e. The molecule has 0 N–H and O–H groups in total. The molecule has 7 heteroatoms. The molecule has 0 radical (unpaired) electrons. The highest BCUT2D eigenvalue weighted by Gasteiger charge is 2.31. The van der Waals surface area contributed by atoms with Crippen molar-refractivity contribution in [1.82, 2.24) is 9.61 Å². The van der Waals surface area contributed by atoms with Crippen LogP contribution in [0.4, 0.5) is 5.69 Å². The molecule has 2 fully saturated rings. The van der Waals surface area contributed by atoms with Gasteiger partial charge < -0.3 is 23.8 Å². The van der Waals surface area contributed by atoms with E-state index in [1.807, 2.05) is 4.52 Å². The molecule has 5 rings (SSSR count). The highest BCUT2D eigenvalue weighted by atomic mass is 16.7. The van der Waals surface area contributed by atoms with Gasteiger partial charge in [-0.1, -0.05) is 6.07 Å². The minimum absolute atomic E-state index is 0.220. The summed E-state index contributed by atoms with van der Waals surface area (Å²) in [6, 6.07) is 10.4. The second-order valence-corrected chi connectivity index (χ2v) is 8.72. The summed E-state index contributed by atoms with van der Waals surface area (Å²) in [7, 11) is 3.39. The third-order valence-corrected chi connectivity index (χ3v) is 6.34. The van der Waals surface area contributed by atoms with Crippen molar-refractivity contribution in [3.05, 3.63) is 41.5 Å². The number of aromatic nitrogens is 2. The summed E-state index contributed by atoms with van der Waals surface area (Å²) in [4.78, 5) is 2.34. The standard InChI is InChI=1S/C25H31N3O4/c1-16-12-19(29-3)13-17(2)23(16)20-6-5-7-21-24(25(30-4)26-28(20)21)27(14-18-8-9-18)15-22-31-10-11-32-22/h5-7,12-13,18,22H,8-11,14-15H2,1-4H3. The zero-order valence-electron chi connectivity index (χ0n) is 19.3. The van der Waals surface area contributed by atoms with Crippen molar-refractivity contribution in [3.8, 4) is 22.9 Å². The lowest BCUT2D eigenvalue weighted by Gasteiger charge is -2.26. The minimum atomic E-state index is -0.220. The fourth-order valence-electron chi connectivity index (χ4n) is 4.67. The van der Waals surface area contributed by atoms with Crippen molar-refractivity contribution >= 4 is 11.2 Å². The van der Waals surface area contributed by atoms with Crippen LogP contribution in [0.1, 0.15) is 24.0 Å². The topological polar surface area (TPSA) is 57.5 Å². The first kappa shape index (κ1) is 21.1. The first-order valence-electron chi connectivity index (χ1n) is 11.3. The van der Waals surface area contributed by atoms with Gasteiger partial charge in [-0.25, -0.2) is 4.52 Å². The van der Waals surface area contributed by atoms with Crippen molar-refractivity contribution in [1.29, 1.82) is 0 Å². The Morgan fingerprint density at radius 1 is 1.03 bits per heavy atom. The molecule has 0 atom stereocenters. The number of hydrogen-bond donors (Lipinski definition) is 0. The van der Waals surface area contributed by atoms with Crippen LogP contribution in [-0.2, 0) is 9.47 Å². The van der Waals surface area contributed by atoms with Crippen LogP contribution in [0.5, 0.6) is 11.6 Å². The molecule has 7 nitrogen and oxygen atoms in total.